The first-order valence-corrected chi connectivity index (χ1v) is 9.14. The average Bonchev–Trinajstić information content (AvgIpc) is 3.19. The van der Waals surface area contributed by atoms with E-state index in [1.54, 1.807) is 0 Å². The molecule has 3 atom stereocenters. The van der Waals surface area contributed by atoms with Crippen molar-refractivity contribution in [2.45, 2.75) is 50.7 Å². The van der Waals surface area contributed by atoms with Gasteiger partial charge in [0, 0.05) is 31.4 Å². The van der Waals surface area contributed by atoms with Gasteiger partial charge in [-0.2, -0.15) is 11.8 Å². The normalized spacial score (nSPS) is 32.9. The first-order chi connectivity index (χ1) is 9.83. The van der Waals surface area contributed by atoms with Crippen molar-refractivity contribution in [3.8, 4) is 0 Å². The van der Waals surface area contributed by atoms with Crippen molar-refractivity contribution in [3.05, 3.63) is 12.2 Å². The highest BCUT2D eigenvalue weighted by molar-refractivity contribution is 7.99. The molecule has 0 aromatic carbocycles. The molecule has 2 fully saturated rings. The van der Waals surface area contributed by atoms with E-state index < -0.39 is 0 Å². The van der Waals surface area contributed by atoms with Crippen LogP contribution in [0.1, 0.15) is 38.5 Å². The molecular weight excluding hydrogens is 270 g/mol. The molecule has 0 aromatic heterocycles. The summed E-state index contributed by atoms with van der Waals surface area (Å²) < 4.78 is 5.75. The van der Waals surface area contributed by atoms with Gasteiger partial charge in [-0.1, -0.05) is 12.2 Å². The Balaban J connectivity index is 1.60. The second-order valence-electron chi connectivity index (χ2n) is 6.17. The van der Waals surface area contributed by atoms with Crippen molar-refractivity contribution in [3.63, 3.8) is 0 Å². The standard InChI is InChI=1S/C16H25NO2S/c18-16(10-13-4-1-2-5-13)17(14-7-9-20-12-14)11-15-6-3-8-19-15/h1,4,13-15H,2-3,5-12H2/t13-,14+,15+/m1/s1. The molecule has 2 saturated heterocycles. The predicted molar refractivity (Wildman–Crippen MR) is 82.9 cm³/mol. The van der Waals surface area contributed by atoms with Gasteiger partial charge in [-0.05, 0) is 43.8 Å². The quantitative estimate of drug-likeness (QED) is 0.731. The van der Waals surface area contributed by atoms with E-state index >= 15 is 0 Å². The van der Waals surface area contributed by atoms with E-state index in [2.05, 4.69) is 17.1 Å². The van der Waals surface area contributed by atoms with Crippen LogP contribution < -0.4 is 0 Å². The topological polar surface area (TPSA) is 29.5 Å². The number of allylic oxidation sites excluding steroid dienone is 2. The van der Waals surface area contributed by atoms with Crippen LogP contribution in [0.2, 0.25) is 0 Å². The lowest BCUT2D eigenvalue weighted by molar-refractivity contribution is -0.135. The first kappa shape index (κ1) is 14.5. The van der Waals surface area contributed by atoms with Gasteiger partial charge in [-0.15, -0.1) is 0 Å². The Labute approximate surface area is 126 Å². The van der Waals surface area contributed by atoms with Crippen molar-refractivity contribution in [2.75, 3.05) is 24.7 Å². The maximum atomic E-state index is 12.7. The predicted octanol–water partition coefficient (Wildman–Crippen LogP) is 2.86. The molecule has 112 valence electrons. The van der Waals surface area contributed by atoms with Gasteiger partial charge in [0.05, 0.1) is 6.10 Å². The highest BCUT2D eigenvalue weighted by Gasteiger charge is 2.31. The Morgan fingerprint density at radius 2 is 2.30 bits per heavy atom. The Morgan fingerprint density at radius 1 is 1.35 bits per heavy atom. The zero-order valence-corrected chi connectivity index (χ0v) is 12.9. The Kier molecular flexibility index (Phi) is 5.05. The summed E-state index contributed by atoms with van der Waals surface area (Å²) in [5.41, 5.74) is 0. The van der Waals surface area contributed by atoms with Crippen LogP contribution in [-0.2, 0) is 9.53 Å². The third kappa shape index (κ3) is 3.59. The van der Waals surface area contributed by atoms with E-state index in [-0.39, 0.29) is 6.10 Å². The molecule has 2 aliphatic heterocycles. The molecule has 2 heterocycles. The van der Waals surface area contributed by atoms with E-state index in [0.29, 0.717) is 24.3 Å². The number of thioether (sulfide) groups is 1. The number of amides is 1. The largest absolute Gasteiger partial charge is 0.376 e. The minimum Gasteiger partial charge on any atom is -0.376 e. The van der Waals surface area contributed by atoms with Crippen LogP contribution in [0.25, 0.3) is 0 Å². The van der Waals surface area contributed by atoms with Gasteiger partial charge in [0.2, 0.25) is 5.91 Å². The number of carbonyl (C=O) groups excluding carboxylic acids is 1. The maximum Gasteiger partial charge on any atom is 0.223 e. The van der Waals surface area contributed by atoms with Crippen LogP contribution in [0.4, 0.5) is 0 Å². The van der Waals surface area contributed by atoms with Crippen LogP contribution in [0, 0.1) is 5.92 Å². The molecule has 3 rings (SSSR count). The summed E-state index contributed by atoms with van der Waals surface area (Å²) in [5, 5.41) is 0. The summed E-state index contributed by atoms with van der Waals surface area (Å²) in [5.74, 6) is 3.13. The van der Waals surface area contributed by atoms with Crippen molar-refractivity contribution in [1.29, 1.82) is 0 Å². The average molecular weight is 295 g/mol. The van der Waals surface area contributed by atoms with E-state index in [9.17, 15) is 4.79 Å². The van der Waals surface area contributed by atoms with Gasteiger partial charge in [-0.3, -0.25) is 4.79 Å². The van der Waals surface area contributed by atoms with Crippen molar-refractivity contribution in [1.82, 2.24) is 4.90 Å². The lowest BCUT2D eigenvalue weighted by Gasteiger charge is -2.31. The van der Waals surface area contributed by atoms with Gasteiger partial charge < -0.3 is 9.64 Å². The molecule has 0 N–H and O–H groups in total. The summed E-state index contributed by atoms with van der Waals surface area (Å²) in [6, 6.07) is 0.446. The number of hydrogen-bond acceptors (Lipinski definition) is 3. The molecule has 0 saturated carbocycles. The molecule has 3 aliphatic rings. The molecule has 4 heteroatoms. The molecule has 1 aliphatic carbocycles. The molecule has 0 bridgehead atoms. The smallest absolute Gasteiger partial charge is 0.223 e. The zero-order chi connectivity index (χ0) is 13.8. The lowest BCUT2D eigenvalue weighted by atomic mass is 10.0. The zero-order valence-electron chi connectivity index (χ0n) is 12.1. The third-order valence-electron chi connectivity index (χ3n) is 4.64. The van der Waals surface area contributed by atoms with Gasteiger partial charge >= 0.3 is 0 Å². The molecule has 0 radical (unpaired) electrons. The van der Waals surface area contributed by atoms with E-state index in [4.69, 9.17) is 4.74 Å². The van der Waals surface area contributed by atoms with Crippen molar-refractivity contribution < 1.29 is 9.53 Å². The maximum absolute atomic E-state index is 12.7. The molecule has 20 heavy (non-hydrogen) atoms. The fourth-order valence-corrected chi connectivity index (χ4v) is 4.66. The Hall–Kier alpha value is -0.480. The summed E-state index contributed by atoms with van der Waals surface area (Å²) in [6.07, 6.45) is 11.1. The monoisotopic (exact) mass is 295 g/mol. The second kappa shape index (κ2) is 6.99. The molecule has 0 unspecified atom stereocenters. The van der Waals surface area contributed by atoms with Gasteiger partial charge in [-0.25, -0.2) is 0 Å². The van der Waals surface area contributed by atoms with E-state index in [1.807, 2.05) is 11.8 Å². The Bertz CT molecular complexity index is 359. The summed E-state index contributed by atoms with van der Waals surface area (Å²) in [6.45, 7) is 1.69. The Morgan fingerprint density at radius 3 is 2.95 bits per heavy atom. The van der Waals surface area contributed by atoms with Crippen LogP contribution in [0.5, 0.6) is 0 Å². The third-order valence-corrected chi connectivity index (χ3v) is 5.79. The van der Waals surface area contributed by atoms with Crippen LogP contribution in [0.3, 0.4) is 0 Å². The van der Waals surface area contributed by atoms with E-state index in [1.165, 1.54) is 5.75 Å². The van der Waals surface area contributed by atoms with Crippen LogP contribution in [-0.4, -0.2) is 47.6 Å². The molecule has 0 aromatic rings. The van der Waals surface area contributed by atoms with Gasteiger partial charge in [0.1, 0.15) is 0 Å². The van der Waals surface area contributed by atoms with Crippen LogP contribution in [0.15, 0.2) is 12.2 Å². The lowest BCUT2D eigenvalue weighted by Crippen LogP contribution is -2.45. The molecule has 3 nitrogen and oxygen atoms in total. The minimum atomic E-state index is 0.281. The number of carbonyl (C=O) groups is 1. The number of rotatable bonds is 5. The van der Waals surface area contributed by atoms with E-state index in [0.717, 1.165) is 51.0 Å². The molecule has 1 amide bonds. The second-order valence-corrected chi connectivity index (χ2v) is 7.32. The highest BCUT2D eigenvalue weighted by Crippen LogP contribution is 2.27. The SMILES string of the molecule is O=C(C[C@@H]1C=CCC1)N(C[C@@H]1CCCO1)[C@H]1CCSC1. The fraction of sp³-hybridized carbons (Fsp3) is 0.812. The number of nitrogens with zero attached hydrogens (tertiary/aromatic N) is 1. The summed E-state index contributed by atoms with van der Waals surface area (Å²) >= 11 is 1.98. The summed E-state index contributed by atoms with van der Waals surface area (Å²) in [4.78, 5) is 14.9. The number of hydrogen-bond donors (Lipinski definition) is 0. The fourth-order valence-electron chi connectivity index (χ4n) is 3.44. The van der Waals surface area contributed by atoms with Crippen molar-refractivity contribution >= 4 is 17.7 Å². The molecule has 0 spiro atoms. The summed E-state index contributed by atoms with van der Waals surface area (Å²) in [7, 11) is 0. The van der Waals surface area contributed by atoms with Gasteiger partial charge in [0.15, 0.2) is 0 Å². The van der Waals surface area contributed by atoms with Crippen LogP contribution >= 0.6 is 11.8 Å². The highest BCUT2D eigenvalue weighted by atomic mass is 32.2. The number of ether oxygens (including phenoxy) is 1. The van der Waals surface area contributed by atoms with Crippen molar-refractivity contribution in [2.24, 2.45) is 5.92 Å². The first-order valence-electron chi connectivity index (χ1n) is 7.98. The molecular formula is C16H25NO2S. The minimum absolute atomic E-state index is 0.281. The van der Waals surface area contributed by atoms with Gasteiger partial charge in [0.25, 0.3) is 0 Å².